The number of nitrogens with zero attached hydrogens (tertiary/aromatic N) is 1. The molecule has 1 atom stereocenters. The Morgan fingerprint density at radius 2 is 1.88 bits per heavy atom. The standard InChI is InChI=1S/C23H19N3O6S/c1-11(24)33-23(25)26-19(13-7-8-14(27)16(10-13)31-2)18(21(29)22(26)30)20(28)17-9-12-5-3-4-6-15(12)32-17/h3-10,19,24-25,27,29H,1-2H3. The molecule has 33 heavy (non-hydrogen) atoms. The van der Waals surface area contributed by atoms with Gasteiger partial charge in [-0.25, -0.2) is 0 Å². The van der Waals surface area contributed by atoms with Crippen LogP contribution in [0.4, 0.5) is 0 Å². The average Bonchev–Trinajstić information content (AvgIpc) is 3.32. The lowest BCUT2D eigenvalue weighted by molar-refractivity contribution is -0.125. The fraction of sp³-hybridized carbons (Fsp3) is 0.130. The van der Waals surface area contributed by atoms with Crippen molar-refractivity contribution in [2.75, 3.05) is 7.11 Å². The third kappa shape index (κ3) is 3.85. The van der Waals surface area contributed by atoms with Crippen LogP contribution in [0.3, 0.4) is 0 Å². The van der Waals surface area contributed by atoms with E-state index in [1.807, 2.05) is 0 Å². The van der Waals surface area contributed by atoms with Crippen molar-refractivity contribution in [1.29, 1.82) is 10.8 Å². The van der Waals surface area contributed by atoms with Crippen LogP contribution in [-0.2, 0) is 4.79 Å². The molecule has 3 aromatic rings. The largest absolute Gasteiger partial charge is 0.504 e. The first-order chi connectivity index (χ1) is 15.7. The molecule has 1 aliphatic heterocycles. The number of furan rings is 1. The van der Waals surface area contributed by atoms with E-state index in [0.29, 0.717) is 28.3 Å². The number of methoxy groups -OCH3 is 1. The van der Waals surface area contributed by atoms with Gasteiger partial charge in [0.2, 0.25) is 5.78 Å². The molecule has 10 heteroatoms. The predicted octanol–water partition coefficient (Wildman–Crippen LogP) is 4.39. The van der Waals surface area contributed by atoms with E-state index in [4.69, 9.17) is 20.0 Å². The van der Waals surface area contributed by atoms with Crippen molar-refractivity contribution >= 4 is 44.6 Å². The van der Waals surface area contributed by atoms with E-state index in [-0.39, 0.29) is 33.0 Å². The number of thioether (sulfide) groups is 1. The number of aliphatic hydroxyl groups is 1. The molecule has 0 aliphatic carbocycles. The van der Waals surface area contributed by atoms with Gasteiger partial charge in [0.05, 0.1) is 23.8 Å². The highest BCUT2D eigenvalue weighted by atomic mass is 32.2. The summed E-state index contributed by atoms with van der Waals surface area (Å²) in [5, 5.41) is 37.1. The fourth-order valence-corrected chi connectivity index (χ4v) is 4.22. The van der Waals surface area contributed by atoms with E-state index in [2.05, 4.69) is 0 Å². The number of hydrogen-bond donors (Lipinski definition) is 4. The second kappa shape index (κ2) is 8.47. The summed E-state index contributed by atoms with van der Waals surface area (Å²) in [4.78, 5) is 27.4. The molecule has 2 heterocycles. The average molecular weight is 465 g/mol. The van der Waals surface area contributed by atoms with Gasteiger partial charge in [-0.15, -0.1) is 0 Å². The number of rotatable bonds is 4. The van der Waals surface area contributed by atoms with Crippen LogP contribution in [0.5, 0.6) is 11.5 Å². The first-order valence-corrected chi connectivity index (χ1v) is 10.5. The topological polar surface area (TPSA) is 148 Å². The number of ether oxygens (including phenoxy) is 1. The minimum atomic E-state index is -1.20. The van der Waals surface area contributed by atoms with Gasteiger partial charge in [0.25, 0.3) is 5.91 Å². The Morgan fingerprint density at radius 1 is 1.15 bits per heavy atom. The van der Waals surface area contributed by atoms with E-state index in [0.717, 1.165) is 4.90 Å². The molecule has 9 nitrogen and oxygen atoms in total. The fourth-order valence-electron chi connectivity index (χ4n) is 3.65. The number of aromatic hydroxyl groups is 1. The normalized spacial score (nSPS) is 15.9. The zero-order chi connectivity index (χ0) is 23.9. The van der Waals surface area contributed by atoms with Gasteiger partial charge in [0.1, 0.15) is 5.58 Å². The Bertz CT molecular complexity index is 1330. The van der Waals surface area contributed by atoms with Crippen molar-refractivity contribution in [2.45, 2.75) is 13.0 Å². The Hall–Kier alpha value is -4.05. The number of benzene rings is 2. The molecule has 4 N–H and O–H groups in total. The van der Waals surface area contributed by atoms with Gasteiger partial charge in [-0.2, -0.15) is 0 Å². The van der Waals surface area contributed by atoms with Gasteiger partial charge in [-0.1, -0.05) is 24.3 Å². The molecule has 4 rings (SSSR count). The molecular weight excluding hydrogens is 446 g/mol. The lowest BCUT2D eigenvalue weighted by Crippen LogP contribution is -2.35. The third-order valence-corrected chi connectivity index (χ3v) is 5.79. The van der Waals surface area contributed by atoms with Gasteiger partial charge >= 0.3 is 0 Å². The quantitative estimate of drug-likeness (QED) is 0.254. The zero-order valence-corrected chi connectivity index (χ0v) is 18.4. The number of ketones is 1. The summed E-state index contributed by atoms with van der Waals surface area (Å²) < 4.78 is 10.8. The molecule has 0 saturated heterocycles. The first-order valence-electron chi connectivity index (χ1n) is 9.71. The number of para-hydroxylation sites is 1. The highest BCUT2D eigenvalue weighted by Gasteiger charge is 2.47. The van der Waals surface area contributed by atoms with Crippen molar-refractivity contribution in [3.05, 3.63) is 71.2 Å². The number of carbonyl (C=O) groups is 2. The number of phenolic OH excluding ortho intramolecular Hbond substituents is 1. The molecular formula is C23H19N3O6S. The van der Waals surface area contributed by atoms with E-state index in [1.54, 1.807) is 24.3 Å². The van der Waals surface area contributed by atoms with Crippen LogP contribution in [0.15, 0.2) is 64.3 Å². The van der Waals surface area contributed by atoms with Crippen LogP contribution in [0, 0.1) is 10.8 Å². The summed E-state index contributed by atoms with van der Waals surface area (Å²) in [6.07, 6.45) is 0. The number of hydrogen-bond acceptors (Lipinski definition) is 9. The maximum absolute atomic E-state index is 13.5. The van der Waals surface area contributed by atoms with E-state index < -0.39 is 23.5 Å². The number of phenols is 1. The minimum absolute atomic E-state index is 0.0476. The molecule has 1 amide bonds. The summed E-state index contributed by atoms with van der Waals surface area (Å²) in [5.41, 5.74) is 0.502. The van der Waals surface area contributed by atoms with Crippen molar-refractivity contribution < 1.29 is 29.0 Å². The highest BCUT2D eigenvalue weighted by Crippen LogP contribution is 2.43. The molecule has 2 aromatic carbocycles. The van der Waals surface area contributed by atoms with Gasteiger partial charge in [-0.05, 0) is 48.5 Å². The molecule has 0 saturated carbocycles. The maximum Gasteiger partial charge on any atom is 0.296 e. The Kier molecular flexibility index (Phi) is 5.69. The van der Waals surface area contributed by atoms with Crippen molar-refractivity contribution in [3.63, 3.8) is 0 Å². The number of amidine groups is 1. The number of amides is 1. The van der Waals surface area contributed by atoms with Crippen LogP contribution < -0.4 is 4.74 Å². The summed E-state index contributed by atoms with van der Waals surface area (Å²) >= 11 is 0.701. The van der Waals surface area contributed by atoms with Crippen molar-refractivity contribution in [2.24, 2.45) is 0 Å². The highest BCUT2D eigenvalue weighted by molar-refractivity contribution is 8.26. The predicted molar refractivity (Wildman–Crippen MR) is 123 cm³/mol. The lowest BCUT2D eigenvalue weighted by Gasteiger charge is -2.26. The molecule has 1 aliphatic rings. The van der Waals surface area contributed by atoms with E-state index in [9.17, 15) is 19.8 Å². The number of fused-ring (bicyclic) bond motifs is 1. The van der Waals surface area contributed by atoms with Gasteiger partial charge in [-0.3, -0.25) is 25.3 Å². The Labute approximate surface area is 192 Å². The Morgan fingerprint density at radius 3 is 2.55 bits per heavy atom. The van der Waals surface area contributed by atoms with Crippen LogP contribution in [0.2, 0.25) is 0 Å². The lowest BCUT2D eigenvalue weighted by atomic mass is 9.95. The second-order valence-electron chi connectivity index (χ2n) is 7.21. The molecule has 0 fully saturated rings. The molecule has 0 bridgehead atoms. The van der Waals surface area contributed by atoms with E-state index >= 15 is 0 Å². The zero-order valence-electron chi connectivity index (χ0n) is 17.6. The smallest absolute Gasteiger partial charge is 0.296 e. The molecule has 1 aromatic heterocycles. The first kappa shape index (κ1) is 22.2. The van der Waals surface area contributed by atoms with Crippen molar-refractivity contribution in [1.82, 2.24) is 4.90 Å². The van der Waals surface area contributed by atoms with Gasteiger partial charge < -0.3 is 19.4 Å². The minimum Gasteiger partial charge on any atom is -0.504 e. The SMILES string of the molecule is COc1cc(C2C(C(=O)c3cc4ccccc4o3)=C(O)C(=O)N2C(=N)SC(C)=N)ccc1O. The summed E-state index contributed by atoms with van der Waals surface area (Å²) in [6, 6.07) is 11.5. The molecule has 0 radical (unpaired) electrons. The molecule has 0 spiro atoms. The Balaban J connectivity index is 1.86. The number of Topliss-reactive ketones (excluding diaryl/α,β-unsaturated/α-hetero) is 1. The number of nitrogens with one attached hydrogen (secondary N) is 2. The number of carbonyl (C=O) groups excluding carboxylic acids is 2. The summed E-state index contributed by atoms with van der Waals surface area (Å²) in [7, 11) is 1.35. The van der Waals surface area contributed by atoms with Crippen LogP contribution >= 0.6 is 11.8 Å². The maximum atomic E-state index is 13.5. The monoisotopic (exact) mass is 465 g/mol. The van der Waals surface area contributed by atoms with Crippen LogP contribution in [0.1, 0.15) is 29.1 Å². The van der Waals surface area contributed by atoms with Crippen molar-refractivity contribution in [3.8, 4) is 11.5 Å². The molecule has 168 valence electrons. The molecule has 1 unspecified atom stereocenters. The number of aliphatic hydroxyl groups excluding tert-OH is 1. The van der Waals surface area contributed by atoms with Crippen LogP contribution in [0.25, 0.3) is 11.0 Å². The third-order valence-electron chi connectivity index (χ3n) is 5.09. The second-order valence-corrected chi connectivity index (χ2v) is 8.42. The van der Waals surface area contributed by atoms with Gasteiger partial charge in [0, 0.05) is 5.39 Å². The van der Waals surface area contributed by atoms with E-state index in [1.165, 1.54) is 38.3 Å². The van der Waals surface area contributed by atoms with Crippen LogP contribution in [-0.4, -0.2) is 44.1 Å². The summed E-state index contributed by atoms with van der Waals surface area (Å²) in [6.45, 7) is 1.45. The summed E-state index contributed by atoms with van der Waals surface area (Å²) in [5.74, 6) is -2.64. The van der Waals surface area contributed by atoms with Gasteiger partial charge in [0.15, 0.2) is 28.2 Å².